The first-order chi connectivity index (χ1) is 20.5. The van der Waals surface area contributed by atoms with Crippen molar-refractivity contribution in [1.82, 2.24) is 29.6 Å². The Morgan fingerprint density at radius 1 is 0.857 bits per heavy atom. The quantitative estimate of drug-likeness (QED) is 0.259. The monoisotopic (exact) mass is 565 g/mol. The molecule has 0 radical (unpaired) electrons. The highest BCUT2D eigenvalue weighted by Crippen LogP contribution is 2.40. The molecule has 2 aromatic carbocycles. The number of likely N-dealkylation sites (N-methyl/N-ethyl adjacent to an activating group) is 1. The molecule has 0 aliphatic carbocycles. The van der Waals surface area contributed by atoms with E-state index in [1.165, 1.54) is 12.4 Å². The number of anilines is 5. The summed E-state index contributed by atoms with van der Waals surface area (Å²) in [5.74, 6) is 1.53. The summed E-state index contributed by atoms with van der Waals surface area (Å²) in [6.45, 7) is 3.83. The number of piperazine rings is 1. The maximum atomic E-state index is 14.3. The number of hydrogen-bond donors (Lipinski definition) is 2. The van der Waals surface area contributed by atoms with Crippen molar-refractivity contribution < 1.29 is 9.13 Å². The van der Waals surface area contributed by atoms with E-state index in [9.17, 15) is 4.39 Å². The number of benzene rings is 2. The fraction of sp³-hybridized carbons (Fsp3) is 0.226. The van der Waals surface area contributed by atoms with Crippen molar-refractivity contribution in [2.24, 2.45) is 7.05 Å². The van der Waals surface area contributed by atoms with Gasteiger partial charge in [-0.1, -0.05) is 12.1 Å². The van der Waals surface area contributed by atoms with Crippen LogP contribution in [0.1, 0.15) is 0 Å². The first kappa shape index (κ1) is 27.2. The Labute approximate surface area is 243 Å². The maximum absolute atomic E-state index is 14.3. The van der Waals surface area contributed by atoms with Gasteiger partial charge in [0.05, 0.1) is 24.7 Å². The van der Waals surface area contributed by atoms with Gasteiger partial charge in [0.15, 0.2) is 0 Å². The highest BCUT2D eigenvalue weighted by molar-refractivity contribution is 5.85. The zero-order valence-electron chi connectivity index (χ0n) is 23.8. The molecule has 6 rings (SSSR count). The van der Waals surface area contributed by atoms with Crippen LogP contribution in [0.4, 0.5) is 33.1 Å². The summed E-state index contributed by atoms with van der Waals surface area (Å²) in [5, 5.41) is 11.1. The number of ether oxygens (including phenoxy) is 1. The van der Waals surface area contributed by atoms with Gasteiger partial charge in [-0.25, -0.2) is 14.4 Å². The van der Waals surface area contributed by atoms with Gasteiger partial charge in [0.2, 0.25) is 0 Å². The third-order valence-electron chi connectivity index (χ3n) is 7.29. The third kappa shape index (κ3) is 5.86. The van der Waals surface area contributed by atoms with E-state index < -0.39 is 0 Å². The second-order valence-electron chi connectivity index (χ2n) is 10.2. The van der Waals surface area contributed by atoms with Crippen LogP contribution in [0, 0.1) is 5.82 Å². The topological polar surface area (TPSA) is 96.3 Å². The molecule has 0 unspecified atom stereocenters. The molecule has 1 aliphatic rings. The number of nitrogens with zero attached hydrogens (tertiary/aromatic N) is 7. The van der Waals surface area contributed by atoms with Crippen molar-refractivity contribution in [2.45, 2.75) is 0 Å². The van der Waals surface area contributed by atoms with E-state index in [0.717, 1.165) is 54.4 Å². The zero-order valence-corrected chi connectivity index (χ0v) is 23.8. The van der Waals surface area contributed by atoms with Crippen LogP contribution in [-0.4, -0.2) is 70.0 Å². The van der Waals surface area contributed by atoms with Crippen LogP contribution in [0.5, 0.6) is 5.75 Å². The van der Waals surface area contributed by atoms with E-state index in [4.69, 9.17) is 4.74 Å². The zero-order chi connectivity index (χ0) is 29.1. The second kappa shape index (κ2) is 11.8. The summed E-state index contributed by atoms with van der Waals surface area (Å²) in [6.07, 6.45) is 7.01. The van der Waals surface area contributed by atoms with Crippen LogP contribution in [0.3, 0.4) is 0 Å². The number of methoxy groups -OCH3 is 1. The number of hydrogen-bond acceptors (Lipinski definition) is 9. The van der Waals surface area contributed by atoms with E-state index in [-0.39, 0.29) is 5.82 Å². The molecule has 3 aromatic heterocycles. The van der Waals surface area contributed by atoms with Crippen molar-refractivity contribution in [3.05, 3.63) is 85.3 Å². The summed E-state index contributed by atoms with van der Waals surface area (Å²) in [4.78, 5) is 17.9. The maximum Gasteiger partial charge on any atom is 0.144 e. The summed E-state index contributed by atoms with van der Waals surface area (Å²) in [5.41, 5.74) is 5.63. The Morgan fingerprint density at radius 3 is 2.38 bits per heavy atom. The number of rotatable bonds is 8. The SMILES string of the molecule is COc1cc(N2CCN(C)CC2)c(-c2cnn(C)c2)cc1Nc1cc(Nc2ccnc(-c3ccccc3F)c2)ncn1. The van der Waals surface area contributed by atoms with Gasteiger partial charge >= 0.3 is 0 Å². The Balaban J connectivity index is 1.29. The van der Waals surface area contributed by atoms with Gasteiger partial charge in [0.25, 0.3) is 0 Å². The van der Waals surface area contributed by atoms with Gasteiger partial charge in [-0.2, -0.15) is 5.10 Å². The van der Waals surface area contributed by atoms with Crippen LogP contribution in [-0.2, 0) is 7.05 Å². The number of pyridine rings is 1. The highest BCUT2D eigenvalue weighted by Gasteiger charge is 2.21. The molecule has 1 fully saturated rings. The van der Waals surface area contributed by atoms with E-state index in [1.807, 2.05) is 19.4 Å². The standard InChI is InChI=1S/C31H32FN9O/c1-39-10-12-41(13-11-39)28-16-29(42-3)27(15-24(28)21-18-36-40(2)19-21)38-31-17-30(34-20-35-31)37-22-8-9-33-26(14-22)23-6-4-5-7-25(23)32/h4-9,14-20H,10-13H2,1-3H3,(H2,33,34,35,37,38). The molecule has 0 spiro atoms. The summed E-state index contributed by atoms with van der Waals surface area (Å²) in [7, 11) is 5.73. The molecule has 11 heteroatoms. The van der Waals surface area contributed by atoms with Gasteiger partial charge in [-0.05, 0) is 37.4 Å². The first-order valence-electron chi connectivity index (χ1n) is 13.7. The van der Waals surface area contributed by atoms with Crippen molar-refractivity contribution in [3.63, 3.8) is 0 Å². The van der Waals surface area contributed by atoms with Gasteiger partial charge in [0, 0.05) is 85.8 Å². The highest BCUT2D eigenvalue weighted by atomic mass is 19.1. The van der Waals surface area contributed by atoms with Gasteiger partial charge in [0.1, 0.15) is 29.5 Å². The molecule has 0 amide bonds. The summed E-state index contributed by atoms with van der Waals surface area (Å²) in [6, 6.07) is 16.1. The molecule has 5 aromatic rings. The van der Waals surface area contributed by atoms with Crippen molar-refractivity contribution in [3.8, 4) is 28.1 Å². The lowest BCUT2D eigenvalue weighted by Crippen LogP contribution is -2.44. The van der Waals surface area contributed by atoms with Crippen LogP contribution in [0.25, 0.3) is 22.4 Å². The largest absolute Gasteiger partial charge is 0.494 e. The van der Waals surface area contributed by atoms with Gasteiger partial charge in [-0.3, -0.25) is 9.67 Å². The number of aromatic nitrogens is 5. The molecule has 42 heavy (non-hydrogen) atoms. The van der Waals surface area contributed by atoms with E-state index in [0.29, 0.717) is 28.6 Å². The molecule has 0 bridgehead atoms. The van der Waals surface area contributed by atoms with Gasteiger partial charge in [-0.15, -0.1) is 0 Å². The summed E-state index contributed by atoms with van der Waals surface area (Å²) < 4.78 is 22.0. The Bertz CT molecular complexity index is 1700. The first-order valence-corrected chi connectivity index (χ1v) is 13.7. The van der Waals surface area contributed by atoms with Crippen LogP contribution in [0.15, 0.2) is 79.5 Å². The number of halogens is 1. The number of aryl methyl sites for hydroxylation is 1. The Hall–Kier alpha value is -5.03. The molecule has 0 saturated carbocycles. The lowest BCUT2D eigenvalue weighted by molar-refractivity contribution is 0.313. The lowest BCUT2D eigenvalue weighted by Gasteiger charge is -2.35. The van der Waals surface area contributed by atoms with Gasteiger partial charge < -0.3 is 25.2 Å². The average Bonchev–Trinajstić information content (AvgIpc) is 3.44. The fourth-order valence-electron chi connectivity index (χ4n) is 5.04. The Kier molecular flexibility index (Phi) is 7.65. The molecule has 1 aliphatic heterocycles. The minimum atomic E-state index is -0.325. The minimum Gasteiger partial charge on any atom is -0.494 e. The summed E-state index contributed by atoms with van der Waals surface area (Å²) >= 11 is 0. The predicted molar refractivity (Wildman–Crippen MR) is 163 cm³/mol. The Morgan fingerprint density at radius 2 is 1.64 bits per heavy atom. The fourth-order valence-corrected chi connectivity index (χ4v) is 5.04. The van der Waals surface area contributed by atoms with E-state index in [1.54, 1.807) is 54.4 Å². The molecule has 0 atom stereocenters. The molecule has 2 N–H and O–H groups in total. The average molecular weight is 566 g/mol. The van der Waals surface area contributed by atoms with Crippen molar-refractivity contribution >= 4 is 28.7 Å². The van der Waals surface area contributed by atoms with Crippen LogP contribution in [0.2, 0.25) is 0 Å². The van der Waals surface area contributed by atoms with Crippen LogP contribution < -0.4 is 20.3 Å². The molecule has 214 valence electrons. The second-order valence-corrected chi connectivity index (χ2v) is 10.2. The molecule has 4 heterocycles. The predicted octanol–water partition coefficient (Wildman–Crippen LogP) is 5.33. The molecular formula is C31H32FN9O. The van der Waals surface area contributed by atoms with Crippen molar-refractivity contribution in [2.75, 3.05) is 55.9 Å². The van der Waals surface area contributed by atoms with Crippen LogP contribution >= 0.6 is 0 Å². The van der Waals surface area contributed by atoms with Crippen molar-refractivity contribution in [1.29, 1.82) is 0 Å². The molecule has 10 nitrogen and oxygen atoms in total. The van der Waals surface area contributed by atoms with E-state index >= 15 is 0 Å². The normalized spacial score (nSPS) is 13.7. The molecular weight excluding hydrogens is 533 g/mol. The smallest absolute Gasteiger partial charge is 0.144 e. The van der Waals surface area contributed by atoms with E-state index in [2.05, 4.69) is 59.7 Å². The third-order valence-corrected chi connectivity index (χ3v) is 7.29. The molecule has 1 saturated heterocycles. The number of nitrogens with one attached hydrogen (secondary N) is 2. The minimum absolute atomic E-state index is 0.325. The lowest BCUT2D eigenvalue weighted by atomic mass is 10.0.